The number of aromatic nitrogens is 3. The first-order valence-electron chi connectivity index (χ1n) is 7.89. The Bertz CT molecular complexity index is 1330. The highest BCUT2D eigenvalue weighted by atomic mass is 35.5. The van der Waals surface area contributed by atoms with Gasteiger partial charge in [0.1, 0.15) is 4.90 Å². The number of benzene rings is 2. The lowest BCUT2D eigenvalue weighted by Gasteiger charge is -2.09. The Balaban J connectivity index is 1.94. The Hall–Kier alpha value is -2.35. The molecule has 0 atom stereocenters. The van der Waals surface area contributed by atoms with Gasteiger partial charge in [0, 0.05) is 0 Å². The van der Waals surface area contributed by atoms with Gasteiger partial charge in [0.25, 0.3) is 15.9 Å². The van der Waals surface area contributed by atoms with Crippen LogP contribution in [0.4, 0.5) is 0 Å². The molecule has 0 aliphatic heterocycles. The third kappa shape index (κ3) is 4.24. The summed E-state index contributed by atoms with van der Waals surface area (Å²) in [6.07, 6.45) is 0. The van der Waals surface area contributed by atoms with E-state index in [1.165, 1.54) is 29.8 Å². The maximum atomic E-state index is 12.6. The zero-order valence-electron chi connectivity index (χ0n) is 14.8. The zero-order valence-corrected chi connectivity index (χ0v) is 18.7. The van der Waals surface area contributed by atoms with Crippen LogP contribution in [-0.2, 0) is 10.0 Å². The van der Waals surface area contributed by atoms with Crippen LogP contribution in [0.1, 0.15) is 21.7 Å². The molecule has 3 rings (SSSR count). The first-order chi connectivity index (χ1) is 14.0. The summed E-state index contributed by atoms with van der Waals surface area (Å²) >= 11 is 23.7. The van der Waals surface area contributed by atoms with E-state index in [9.17, 15) is 13.2 Å². The molecule has 13 heteroatoms. The van der Waals surface area contributed by atoms with Crippen molar-refractivity contribution in [3.8, 4) is 11.8 Å². The van der Waals surface area contributed by atoms with E-state index >= 15 is 0 Å². The monoisotopic (exact) mass is 503 g/mol. The van der Waals surface area contributed by atoms with Gasteiger partial charge in [0.15, 0.2) is 5.69 Å². The average Bonchev–Trinajstić information content (AvgIpc) is 3.05. The molecule has 0 saturated carbocycles. The molecule has 0 bridgehead atoms. The fraction of sp³-hybridized carbons (Fsp3) is 0.0588. The van der Waals surface area contributed by atoms with Gasteiger partial charge in [-0.1, -0.05) is 51.6 Å². The number of halogens is 4. The lowest BCUT2D eigenvalue weighted by Crippen LogP contribution is -2.31. The molecular formula is C17H9Cl4N5O3S. The normalized spacial score (nSPS) is 11.2. The van der Waals surface area contributed by atoms with Crippen molar-refractivity contribution in [1.29, 1.82) is 5.26 Å². The molecule has 1 amide bonds. The van der Waals surface area contributed by atoms with Crippen molar-refractivity contribution >= 4 is 62.3 Å². The van der Waals surface area contributed by atoms with Crippen LogP contribution < -0.4 is 4.72 Å². The number of hydrogen-bond donors (Lipinski definition) is 1. The zero-order chi connectivity index (χ0) is 22.2. The van der Waals surface area contributed by atoms with Crippen LogP contribution in [0.3, 0.4) is 0 Å². The second-order valence-electron chi connectivity index (χ2n) is 5.84. The van der Waals surface area contributed by atoms with Crippen molar-refractivity contribution in [3.05, 3.63) is 67.4 Å². The van der Waals surface area contributed by atoms with Gasteiger partial charge < -0.3 is 0 Å². The maximum Gasteiger partial charge on any atom is 0.287 e. The molecular weight excluding hydrogens is 496 g/mol. The number of rotatable bonds is 4. The molecule has 154 valence electrons. The summed E-state index contributed by atoms with van der Waals surface area (Å²) < 4.78 is 28.3. The maximum absolute atomic E-state index is 12.6. The van der Waals surface area contributed by atoms with Crippen molar-refractivity contribution in [2.45, 2.75) is 11.8 Å². The topological polar surface area (TPSA) is 118 Å². The molecule has 30 heavy (non-hydrogen) atoms. The van der Waals surface area contributed by atoms with E-state index in [0.717, 1.165) is 12.1 Å². The average molecular weight is 505 g/mol. The second kappa shape index (κ2) is 8.41. The summed E-state index contributed by atoms with van der Waals surface area (Å²) in [6, 6.07) is 8.59. The van der Waals surface area contributed by atoms with Crippen LogP contribution in [0.5, 0.6) is 0 Å². The molecule has 0 radical (unpaired) electrons. The summed E-state index contributed by atoms with van der Waals surface area (Å²) in [5, 5.41) is 16.5. The standard InChI is InChI=1S/C17H9Cl4N5O3S/c1-8-16(23-25-26(8)14-3-2-9(7-22)4-12(14)20)17(27)24-30(28,29)15-6-11(19)10(18)5-13(15)21/h2-6H,1H3,(H,24,27). The van der Waals surface area contributed by atoms with E-state index in [4.69, 9.17) is 51.7 Å². The number of carbonyl (C=O) groups excluding carboxylic acids is 1. The lowest BCUT2D eigenvalue weighted by molar-refractivity contribution is 0.0976. The molecule has 0 aliphatic carbocycles. The number of nitrogens with one attached hydrogen (secondary N) is 1. The van der Waals surface area contributed by atoms with Gasteiger partial charge in [0.05, 0.1) is 43.1 Å². The first-order valence-corrected chi connectivity index (χ1v) is 10.9. The minimum Gasteiger partial charge on any atom is -0.266 e. The van der Waals surface area contributed by atoms with E-state index in [2.05, 4.69) is 10.3 Å². The van der Waals surface area contributed by atoms with Crippen LogP contribution >= 0.6 is 46.4 Å². The van der Waals surface area contributed by atoms with Gasteiger partial charge in [-0.15, -0.1) is 5.10 Å². The minimum atomic E-state index is -4.38. The number of nitriles is 1. The second-order valence-corrected chi connectivity index (χ2v) is 9.12. The highest BCUT2D eigenvalue weighted by Gasteiger charge is 2.26. The van der Waals surface area contributed by atoms with E-state index in [0.29, 0.717) is 11.3 Å². The molecule has 0 unspecified atom stereocenters. The molecule has 2 aromatic carbocycles. The molecule has 3 aromatic rings. The van der Waals surface area contributed by atoms with Crippen molar-refractivity contribution in [1.82, 2.24) is 19.7 Å². The molecule has 0 spiro atoms. The molecule has 8 nitrogen and oxygen atoms in total. The third-order valence-electron chi connectivity index (χ3n) is 3.91. The van der Waals surface area contributed by atoms with Crippen LogP contribution in [0.25, 0.3) is 5.69 Å². The molecule has 1 aromatic heterocycles. The van der Waals surface area contributed by atoms with E-state index in [-0.39, 0.29) is 31.5 Å². The first kappa shape index (κ1) is 22.3. The van der Waals surface area contributed by atoms with E-state index in [1.54, 1.807) is 0 Å². The molecule has 0 aliphatic rings. The van der Waals surface area contributed by atoms with Crippen molar-refractivity contribution in [2.75, 3.05) is 0 Å². The van der Waals surface area contributed by atoms with E-state index < -0.39 is 20.8 Å². The summed E-state index contributed by atoms with van der Waals surface area (Å²) in [7, 11) is -4.38. The number of nitrogens with zero attached hydrogens (tertiary/aromatic N) is 4. The van der Waals surface area contributed by atoms with Gasteiger partial charge in [-0.05, 0) is 37.3 Å². The predicted molar refractivity (Wildman–Crippen MR) is 112 cm³/mol. The van der Waals surface area contributed by atoms with Gasteiger partial charge >= 0.3 is 0 Å². The van der Waals surface area contributed by atoms with Crippen molar-refractivity contribution < 1.29 is 13.2 Å². The van der Waals surface area contributed by atoms with Crippen LogP contribution in [0, 0.1) is 18.3 Å². The molecule has 1 N–H and O–H groups in total. The number of amides is 1. The molecule has 0 fully saturated rings. The largest absolute Gasteiger partial charge is 0.287 e. The minimum absolute atomic E-state index is 0.0496. The van der Waals surface area contributed by atoms with Crippen LogP contribution in [0.15, 0.2) is 35.2 Å². The number of hydrogen-bond acceptors (Lipinski definition) is 6. The lowest BCUT2D eigenvalue weighted by atomic mass is 10.2. The Kier molecular flexibility index (Phi) is 6.26. The predicted octanol–water partition coefficient (Wildman–Crippen LogP) is 4.18. The fourth-order valence-electron chi connectivity index (χ4n) is 2.45. The van der Waals surface area contributed by atoms with Gasteiger partial charge in [-0.3, -0.25) is 4.79 Å². The fourth-order valence-corrected chi connectivity index (χ4v) is 4.67. The Morgan fingerprint density at radius 3 is 2.37 bits per heavy atom. The highest BCUT2D eigenvalue weighted by Crippen LogP contribution is 2.31. The van der Waals surface area contributed by atoms with Gasteiger partial charge in [0.2, 0.25) is 0 Å². The van der Waals surface area contributed by atoms with Gasteiger partial charge in [-0.25, -0.2) is 17.8 Å². The molecule has 0 saturated heterocycles. The smallest absolute Gasteiger partial charge is 0.266 e. The van der Waals surface area contributed by atoms with Crippen molar-refractivity contribution in [2.24, 2.45) is 0 Å². The number of carbonyl (C=O) groups is 1. The van der Waals surface area contributed by atoms with E-state index in [1.807, 2.05) is 10.8 Å². The SMILES string of the molecule is Cc1c(C(=O)NS(=O)(=O)c2cc(Cl)c(Cl)cc2Cl)nnn1-c1ccc(C#N)cc1Cl. The Morgan fingerprint density at radius 2 is 1.73 bits per heavy atom. The Labute approximate surface area is 191 Å². The van der Waals surface area contributed by atoms with Crippen molar-refractivity contribution in [3.63, 3.8) is 0 Å². The number of sulfonamides is 1. The molecule has 1 heterocycles. The Morgan fingerprint density at radius 1 is 1.07 bits per heavy atom. The summed E-state index contributed by atoms with van der Waals surface area (Å²) in [5.41, 5.74) is 0.656. The highest BCUT2D eigenvalue weighted by molar-refractivity contribution is 7.90. The van der Waals surface area contributed by atoms with Gasteiger partial charge in [-0.2, -0.15) is 5.26 Å². The van der Waals surface area contributed by atoms with Crippen LogP contribution in [0.2, 0.25) is 20.1 Å². The third-order valence-corrected chi connectivity index (χ3v) is 6.73. The van der Waals surface area contributed by atoms with Crippen LogP contribution in [-0.4, -0.2) is 29.3 Å². The quantitative estimate of drug-likeness (QED) is 0.532. The summed E-state index contributed by atoms with van der Waals surface area (Å²) in [6.45, 7) is 1.50. The summed E-state index contributed by atoms with van der Waals surface area (Å²) in [5.74, 6) is -1.04. The summed E-state index contributed by atoms with van der Waals surface area (Å²) in [4.78, 5) is 12.1.